The van der Waals surface area contributed by atoms with Crippen molar-refractivity contribution >= 4 is 28.9 Å². The first kappa shape index (κ1) is 18.8. The number of amides is 1. The maximum atomic E-state index is 13.5. The number of nitrogens with zero attached hydrogens (tertiary/aromatic N) is 1. The standard InChI is InChI=1S/C16H13F2N3O5/c1-8(15(22)20-14-6-9(17)2-5-12(14)18)26-16(23)11-4-3-10(21(24)25)7-13(11)19/h2-8H,19H2,1H3,(H,20,22)/t8-/m0/s1. The van der Waals surface area contributed by atoms with Crippen LogP contribution in [0.2, 0.25) is 0 Å². The van der Waals surface area contributed by atoms with Crippen molar-refractivity contribution in [2.24, 2.45) is 0 Å². The number of esters is 1. The number of nitrogens with one attached hydrogen (secondary N) is 1. The van der Waals surface area contributed by atoms with Crippen molar-refractivity contribution in [1.82, 2.24) is 0 Å². The van der Waals surface area contributed by atoms with Crippen LogP contribution in [0.3, 0.4) is 0 Å². The van der Waals surface area contributed by atoms with E-state index in [1.54, 1.807) is 0 Å². The molecule has 0 spiro atoms. The molecule has 0 saturated carbocycles. The van der Waals surface area contributed by atoms with Crippen LogP contribution in [0.25, 0.3) is 0 Å². The molecule has 2 aromatic rings. The highest BCUT2D eigenvalue weighted by Gasteiger charge is 2.22. The van der Waals surface area contributed by atoms with Gasteiger partial charge in [-0.3, -0.25) is 14.9 Å². The molecule has 0 radical (unpaired) electrons. The Balaban J connectivity index is 2.07. The number of anilines is 2. The van der Waals surface area contributed by atoms with Gasteiger partial charge in [-0.25, -0.2) is 13.6 Å². The first-order valence-electron chi connectivity index (χ1n) is 7.20. The van der Waals surface area contributed by atoms with E-state index in [1.165, 1.54) is 6.92 Å². The molecule has 2 rings (SSSR count). The molecule has 1 amide bonds. The average Bonchev–Trinajstić information content (AvgIpc) is 2.57. The summed E-state index contributed by atoms with van der Waals surface area (Å²) in [6.45, 7) is 1.21. The van der Waals surface area contributed by atoms with E-state index in [0.717, 1.165) is 36.4 Å². The van der Waals surface area contributed by atoms with E-state index in [-0.39, 0.29) is 16.9 Å². The SMILES string of the molecule is C[C@H](OC(=O)c1ccc([N+](=O)[O-])cc1N)C(=O)Nc1cc(F)ccc1F. The molecule has 0 aromatic heterocycles. The van der Waals surface area contributed by atoms with Crippen molar-refractivity contribution in [2.75, 3.05) is 11.1 Å². The van der Waals surface area contributed by atoms with Crippen LogP contribution in [0.1, 0.15) is 17.3 Å². The molecular weight excluding hydrogens is 352 g/mol. The van der Waals surface area contributed by atoms with Crippen molar-refractivity contribution in [1.29, 1.82) is 0 Å². The Labute approximate surface area is 145 Å². The smallest absolute Gasteiger partial charge is 0.341 e. The predicted molar refractivity (Wildman–Crippen MR) is 87.4 cm³/mol. The summed E-state index contributed by atoms with van der Waals surface area (Å²) < 4.78 is 31.5. The molecule has 26 heavy (non-hydrogen) atoms. The molecule has 0 heterocycles. The van der Waals surface area contributed by atoms with Crippen LogP contribution in [-0.2, 0) is 9.53 Å². The number of nitro groups is 1. The van der Waals surface area contributed by atoms with E-state index in [4.69, 9.17) is 10.5 Å². The maximum Gasteiger partial charge on any atom is 0.341 e. The minimum Gasteiger partial charge on any atom is -0.449 e. The summed E-state index contributed by atoms with van der Waals surface area (Å²) in [5.41, 5.74) is 4.48. The number of rotatable bonds is 5. The fraction of sp³-hybridized carbons (Fsp3) is 0.125. The van der Waals surface area contributed by atoms with Gasteiger partial charge in [0.2, 0.25) is 0 Å². The molecule has 0 fully saturated rings. The van der Waals surface area contributed by atoms with Crippen LogP contribution in [0.4, 0.5) is 25.8 Å². The Bertz CT molecular complexity index is 888. The van der Waals surface area contributed by atoms with Gasteiger partial charge in [0, 0.05) is 18.2 Å². The molecule has 0 aliphatic heterocycles. The van der Waals surface area contributed by atoms with Gasteiger partial charge in [0.05, 0.1) is 21.9 Å². The number of non-ortho nitro benzene ring substituents is 1. The maximum absolute atomic E-state index is 13.5. The lowest BCUT2D eigenvalue weighted by molar-refractivity contribution is -0.384. The Morgan fingerprint density at radius 2 is 1.92 bits per heavy atom. The first-order chi connectivity index (χ1) is 12.2. The summed E-state index contributed by atoms with van der Waals surface area (Å²) in [6.07, 6.45) is -1.36. The highest BCUT2D eigenvalue weighted by Crippen LogP contribution is 2.21. The van der Waals surface area contributed by atoms with Gasteiger partial charge in [-0.1, -0.05) is 0 Å². The molecule has 1 atom stereocenters. The van der Waals surface area contributed by atoms with Gasteiger partial charge in [-0.05, 0) is 25.1 Å². The minimum absolute atomic E-state index is 0.174. The van der Waals surface area contributed by atoms with Gasteiger partial charge in [-0.2, -0.15) is 0 Å². The van der Waals surface area contributed by atoms with E-state index in [0.29, 0.717) is 0 Å². The van der Waals surface area contributed by atoms with Crippen molar-refractivity contribution in [3.63, 3.8) is 0 Å². The Hall–Kier alpha value is -3.56. The Morgan fingerprint density at radius 1 is 1.23 bits per heavy atom. The van der Waals surface area contributed by atoms with E-state index >= 15 is 0 Å². The summed E-state index contributed by atoms with van der Waals surface area (Å²) in [5, 5.41) is 12.7. The van der Waals surface area contributed by atoms with E-state index in [1.807, 2.05) is 0 Å². The molecule has 10 heteroatoms. The molecule has 0 bridgehead atoms. The van der Waals surface area contributed by atoms with Crippen LogP contribution >= 0.6 is 0 Å². The van der Waals surface area contributed by atoms with Crippen LogP contribution in [0, 0.1) is 21.7 Å². The van der Waals surface area contributed by atoms with Gasteiger partial charge < -0.3 is 15.8 Å². The molecule has 8 nitrogen and oxygen atoms in total. The molecule has 3 N–H and O–H groups in total. The van der Waals surface area contributed by atoms with Crippen LogP contribution < -0.4 is 11.1 Å². The molecule has 0 unspecified atom stereocenters. The molecule has 0 saturated heterocycles. The molecule has 0 aliphatic carbocycles. The predicted octanol–water partition coefficient (Wildman–Crippen LogP) is 2.64. The topological polar surface area (TPSA) is 125 Å². The third-order valence-corrected chi connectivity index (χ3v) is 3.31. The number of halogens is 2. The number of ether oxygens (including phenoxy) is 1. The number of nitrogen functional groups attached to an aromatic ring is 1. The Kier molecular flexibility index (Phi) is 5.45. The second-order valence-corrected chi connectivity index (χ2v) is 5.19. The summed E-state index contributed by atoms with van der Waals surface area (Å²) in [4.78, 5) is 34.0. The monoisotopic (exact) mass is 365 g/mol. The second-order valence-electron chi connectivity index (χ2n) is 5.19. The normalized spacial score (nSPS) is 11.5. The first-order valence-corrected chi connectivity index (χ1v) is 7.20. The minimum atomic E-state index is -1.36. The number of hydrogen-bond acceptors (Lipinski definition) is 6. The number of carbonyl (C=O) groups excluding carboxylic acids is 2. The molecule has 2 aromatic carbocycles. The lowest BCUT2D eigenvalue weighted by Gasteiger charge is -2.14. The fourth-order valence-corrected chi connectivity index (χ4v) is 1.95. The third-order valence-electron chi connectivity index (χ3n) is 3.31. The van der Waals surface area contributed by atoms with Crippen molar-refractivity contribution in [3.8, 4) is 0 Å². The van der Waals surface area contributed by atoms with Crippen molar-refractivity contribution < 1.29 is 28.0 Å². The van der Waals surface area contributed by atoms with Gasteiger partial charge in [0.25, 0.3) is 11.6 Å². The number of nitro benzene ring substituents is 1. The van der Waals surface area contributed by atoms with E-state index in [2.05, 4.69) is 5.32 Å². The highest BCUT2D eigenvalue weighted by molar-refractivity contribution is 5.99. The average molecular weight is 365 g/mol. The molecule has 136 valence electrons. The summed E-state index contributed by atoms with van der Waals surface area (Å²) in [7, 11) is 0. The molecule has 0 aliphatic rings. The highest BCUT2D eigenvalue weighted by atomic mass is 19.1. The zero-order valence-corrected chi connectivity index (χ0v) is 13.4. The lowest BCUT2D eigenvalue weighted by atomic mass is 10.1. The van der Waals surface area contributed by atoms with Gasteiger partial charge >= 0.3 is 5.97 Å². The van der Waals surface area contributed by atoms with Crippen molar-refractivity contribution in [2.45, 2.75) is 13.0 Å². The summed E-state index contributed by atoms with van der Waals surface area (Å²) in [6, 6.07) is 5.61. The fourth-order valence-electron chi connectivity index (χ4n) is 1.95. The van der Waals surface area contributed by atoms with Gasteiger partial charge in [0.1, 0.15) is 11.6 Å². The quantitative estimate of drug-likeness (QED) is 0.363. The molecular formula is C16H13F2N3O5. The Morgan fingerprint density at radius 3 is 2.54 bits per heavy atom. The number of hydrogen-bond donors (Lipinski definition) is 2. The van der Waals surface area contributed by atoms with Crippen LogP contribution in [0.5, 0.6) is 0 Å². The third kappa shape index (κ3) is 4.29. The number of nitrogens with two attached hydrogens (primary N) is 1. The largest absolute Gasteiger partial charge is 0.449 e. The number of benzene rings is 2. The van der Waals surface area contributed by atoms with Gasteiger partial charge in [0.15, 0.2) is 6.10 Å². The van der Waals surface area contributed by atoms with Crippen LogP contribution in [-0.4, -0.2) is 22.9 Å². The van der Waals surface area contributed by atoms with Crippen molar-refractivity contribution in [3.05, 3.63) is 63.7 Å². The zero-order valence-electron chi connectivity index (χ0n) is 13.4. The van der Waals surface area contributed by atoms with Crippen LogP contribution in [0.15, 0.2) is 36.4 Å². The lowest BCUT2D eigenvalue weighted by Crippen LogP contribution is -2.30. The zero-order chi connectivity index (χ0) is 19.4. The summed E-state index contributed by atoms with van der Waals surface area (Å²) in [5.74, 6) is -3.52. The van der Waals surface area contributed by atoms with E-state index < -0.39 is 40.2 Å². The van der Waals surface area contributed by atoms with Gasteiger partial charge in [-0.15, -0.1) is 0 Å². The van der Waals surface area contributed by atoms with E-state index in [9.17, 15) is 28.5 Å². The number of carbonyl (C=O) groups is 2. The summed E-state index contributed by atoms with van der Waals surface area (Å²) >= 11 is 0. The second kappa shape index (κ2) is 7.55.